The minimum Gasteiger partial charge on any atom is -0.393 e. The number of thioether (sulfide) groups is 1. The van der Waals surface area contributed by atoms with Crippen LogP contribution in [0.25, 0.3) is 11.2 Å². The van der Waals surface area contributed by atoms with Crippen LogP contribution < -0.4 is 16.4 Å². The van der Waals surface area contributed by atoms with Crippen molar-refractivity contribution in [3.05, 3.63) is 12.7 Å². The normalized spacial score (nSPS) is 21.3. The number of Topliss-reactive ketones (excluding diaryl/α,β-unsaturated/α-hetero) is 1. The van der Waals surface area contributed by atoms with Crippen LogP contribution in [0.1, 0.15) is 71.9 Å². The fraction of sp³-hybridized carbons (Fsp3) is 0.710. The van der Waals surface area contributed by atoms with E-state index in [1.54, 1.807) is 6.92 Å². The average molecular weight is 952 g/mol. The second-order valence-electron chi connectivity index (χ2n) is 14.4. The Morgan fingerprint density at radius 1 is 0.967 bits per heavy atom. The van der Waals surface area contributed by atoms with E-state index in [9.17, 15) is 67.8 Å². The summed E-state index contributed by atoms with van der Waals surface area (Å²) in [6.45, 7) is 1.92. The number of imidazole rings is 1. The molecule has 0 bridgehead atoms. The number of unbranched alkanes of at least 4 members (excludes halogenated alkanes) is 2. The molecule has 61 heavy (non-hydrogen) atoms. The molecule has 3 rings (SSSR count). The topological polar surface area (TPSA) is 401 Å². The molecule has 2 unspecified atom stereocenters. The van der Waals surface area contributed by atoms with Gasteiger partial charge in [-0.3, -0.25) is 37.3 Å². The molecule has 0 saturated carbocycles. The molecule has 3 heterocycles. The summed E-state index contributed by atoms with van der Waals surface area (Å²) < 4.78 is 62.2. The molecule has 1 fully saturated rings. The molecule has 1 aliphatic rings. The van der Waals surface area contributed by atoms with E-state index in [-0.39, 0.29) is 53.8 Å². The van der Waals surface area contributed by atoms with Crippen LogP contribution in [-0.2, 0) is 55.5 Å². The number of aliphatic hydroxyl groups is 3. The van der Waals surface area contributed by atoms with Crippen LogP contribution in [0.3, 0.4) is 0 Å². The summed E-state index contributed by atoms with van der Waals surface area (Å²) in [5.41, 5.74) is 4.23. The standard InChI is InChI=1S/C31H52N7O19P3S/c1-18(39)13-19(40)7-5-4-6-8-22(42)61-12-11-33-21(41)9-10-34-29(45)26(44)31(2,3)15-54-60(51,52)57-59(49,50)53-14-20-25(56-58(46,47)48)24(43)30(55-20)38-17-37-23-27(32)35-16-36-28(23)38/h16-18,20,24-26,30,39,43-44H,4-15H2,1-3H3,(H,33,41)(H,34,45)(H,49,50)(H,51,52)(H2,32,35,36)(H2,46,47,48)/t18-,20-,24-,25-,26+,30-/m1/s1. The third kappa shape index (κ3) is 17.7. The van der Waals surface area contributed by atoms with E-state index in [1.165, 1.54) is 13.8 Å². The highest BCUT2D eigenvalue weighted by Gasteiger charge is 2.50. The number of carbonyl (C=O) groups is 4. The maximum atomic E-state index is 12.7. The van der Waals surface area contributed by atoms with E-state index in [0.717, 1.165) is 29.0 Å². The Morgan fingerprint density at radius 3 is 2.31 bits per heavy atom. The molecule has 2 aromatic rings. The molecule has 2 amide bonds. The van der Waals surface area contributed by atoms with Gasteiger partial charge in [-0.1, -0.05) is 32.0 Å². The SMILES string of the molecule is C[C@@H](O)CC(=O)CCCCCC(=O)SCCNC(=O)CCNC(=O)[C@H](O)C(C)(C)COP(=O)(O)OP(=O)(O)OC[C@H]1O[C@@H](n2cnc3c(N)ncnc32)[C@H](O)[C@@H]1OP(=O)(O)O. The zero-order valence-corrected chi connectivity index (χ0v) is 36.7. The lowest BCUT2D eigenvalue weighted by molar-refractivity contribution is -0.137. The number of nitrogens with two attached hydrogens (primary N) is 1. The number of carbonyl (C=O) groups excluding carboxylic acids is 4. The molecular weight excluding hydrogens is 899 g/mol. The van der Waals surface area contributed by atoms with E-state index in [0.29, 0.717) is 37.9 Å². The molecule has 2 aromatic heterocycles. The number of hydrogen-bond donors (Lipinski definition) is 10. The summed E-state index contributed by atoms with van der Waals surface area (Å²) in [5, 5.41) is 35.5. The maximum Gasteiger partial charge on any atom is 0.481 e. The minimum absolute atomic E-state index is 0.0233. The van der Waals surface area contributed by atoms with Crippen LogP contribution in [0.4, 0.5) is 5.82 Å². The largest absolute Gasteiger partial charge is 0.481 e. The van der Waals surface area contributed by atoms with Crippen LogP contribution in [0.2, 0.25) is 0 Å². The number of anilines is 1. The molecule has 0 spiro atoms. The van der Waals surface area contributed by atoms with E-state index >= 15 is 0 Å². The third-order valence-electron chi connectivity index (χ3n) is 8.62. The van der Waals surface area contributed by atoms with Crippen molar-refractivity contribution < 1.29 is 90.4 Å². The highest BCUT2D eigenvalue weighted by molar-refractivity contribution is 8.13. The average Bonchev–Trinajstić information content (AvgIpc) is 3.71. The van der Waals surface area contributed by atoms with E-state index in [1.807, 2.05) is 0 Å². The number of aliphatic hydroxyl groups excluding tert-OH is 3. The smallest absolute Gasteiger partial charge is 0.393 e. The molecule has 0 aliphatic carbocycles. The van der Waals surface area contributed by atoms with Gasteiger partial charge in [-0.15, -0.1) is 0 Å². The van der Waals surface area contributed by atoms with Gasteiger partial charge in [0.15, 0.2) is 22.8 Å². The fourth-order valence-electron chi connectivity index (χ4n) is 5.57. The first-order valence-corrected chi connectivity index (χ1v) is 24.1. The number of aromatic nitrogens is 4. The zero-order valence-electron chi connectivity index (χ0n) is 33.2. The van der Waals surface area contributed by atoms with Gasteiger partial charge in [-0.05, 0) is 19.8 Å². The van der Waals surface area contributed by atoms with Gasteiger partial charge in [0.25, 0.3) is 0 Å². The molecule has 11 N–H and O–H groups in total. The lowest BCUT2D eigenvalue weighted by atomic mass is 9.87. The summed E-state index contributed by atoms with van der Waals surface area (Å²) in [5.74, 6) is -1.23. The van der Waals surface area contributed by atoms with Gasteiger partial charge in [0.05, 0.1) is 25.6 Å². The van der Waals surface area contributed by atoms with Gasteiger partial charge < -0.3 is 56.0 Å². The van der Waals surface area contributed by atoms with Gasteiger partial charge in [0.1, 0.15) is 42.0 Å². The summed E-state index contributed by atoms with van der Waals surface area (Å²) in [4.78, 5) is 99.4. The Kier molecular flexibility index (Phi) is 20.0. The number of nitrogens with one attached hydrogen (secondary N) is 2. The molecule has 0 aromatic carbocycles. The predicted octanol–water partition coefficient (Wildman–Crippen LogP) is -0.0448. The van der Waals surface area contributed by atoms with Gasteiger partial charge in [-0.2, -0.15) is 4.31 Å². The highest BCUT2D eigenvalue weighted by atomic mass is 32.2. The Morgan fingerprint density at radius 2 is 1.64 bits per heavy atom. The monoisotopic (exact) mass is 951 g/mol. The van der Waals surface area contributed by atoms with Crippen molar-refractivity contribution in [2.45, 2.75) is 102 Å². The van der Waals surface area contributed by atoms with Crippen LogP contribution in [0.15, 0.2) is 12.7 Å². The van der Waals surface area contributed by atoms with E-state index in [2.05, 4.69) is 34.4 Å². The van der Waals surface area contributed by atoms with Crippen molar-refractivity contribution in [3.63, 3.8) is 0 Å². The van der Waals surface area contributed by atoms with Crippen LogP contribution in [0.5, 0.6) is 0 Å². The molecule has 346 valence electrons. The number of ether oxygens (including phenoxy) is 1. The number of hydrogen-bond acceptors (Lipinski definition) is 20. The summed E-state index contributed by atoms with van der Waals surface area (Å²) in [6, 6.07) is 0. The number of amides is 2. The molecule has 30 heteroatoms. The second kappa shape index (κ2) is 23.2. The Bertz CT molecular complexity index is 1970. The fourth-order valence-corrected chi connectivity index (χ4v) is 9.12. The van der Waals surface area contributed by atoms with Crippen molar-refractivity contribution in [2.75, 3.05) is 37.8 Å². The summed E-state index contributed by atoms with van der Waals surface area (Å²) >= 11 is 1.04. The molecular formula is C31H52N7O19P3S. The first-order valence-electron chi connectivity index (χ1n) is 18.5. The lowest BCUT2D eigenvalue weighted by Crippen LogP contribution is -2.46. The Balaban J connectivity index is 1.40. The summed E-state index contributed by atoms with van der Waals surface area (Å²) in [6.07, 6.45) is -4.99. The Hall–Kier alpha value is -2.81. The van der Waals surface area contributed by atoms with Crippen LogP contribution >= 0.6 is 35.2 Å². The number of phosphoric ester groups is 3. The van der Waals surface area contributed by atoms with Gasteiger partial charge >= 0.3 is 23.5 Å². The van der Waals surface area contributed by atoms with Crippen molar-refractivity contribution in [2.24, 2.45) is 5.41 Å². The van der Waals surface area contributed by atoms with Crippen LogP contribution in [0, 0.1) is 5.41 Å². The molecule has 1 saturated heterocycles. The van der Waals surface area contributed by atoms with Gasteiger partial charge in [-0.25, -0.2) is 28.6 Å². The first kappa shape index (κ1) is 52.5. The molecule has 26 nitrogen and oxygen atoms in total. The van der Waals surface area contributed by atoms with E-state index < -0.39 is 90.7 Å². The third-order valence-corrected chi connectivity index (χ3v) is 12.7. The predicted molar refractivity (Wildman–Crippen MR) is 211 cm³/mol. The van der Waals surface area contributed by atoms with Crippen molar-refractivity contribution in [3.8, 4) is 0 Å². The summed E-state index contributed by atoms with van der Waals surface area (Å²) in [7, 11) is -16.4. The minimum atomic E-state index is -5.59. The molecule has 0 radical (unpaired) electrons. The van der Waals surface area contributed by atoms with Gasteiger partial charge in [0.2, 0.25) is 11.8 Å². The molecule has 8 atom stereocenters. The zero-order chi connectivity index (χ0) is 45.8. The van der Waals surface area contributed by atoms with E-state index in [4.69, 9.17) is 19.5 Å². The maximum absolute atomic E-state index is 12.7. The quantitative estimate of drug-likeness (QED) is 0.0415. The van der Waals surface area contributed by atoms with Crippen molar-refractivity contribution in [1.82, 2.24) is 30.2 Å². The number of nitrogen functional groups attached to an aromatic ring is 1. The lowest BCUT2D eigenvalue weighted by Gasteiger charge is -2.30. The van der Waals surface area contributed by atoms with Crippen LogP contribution in [-0.4, -0.2) is 140 Å². The first-order chi connectivity index (χ1) is 28.3. The number of ketones is 1. The number of fused-ring (bicyclic) bond motifs is 1. The highest BCUT2D eigenvalue weighted by Crippen LogP contribution is 2.61. The number of rotatable bonds is 27. The Labute approximate surface area is 353 Å². The second-order valence-corrected chi connectivity index (χ2v) is 19.8. The number of nitrogens with zero attached hydrogens (tertiary/aromatic N) is 4. The van der Waals surface area contributed by atoms with Gasteiger partial charge in [0, 0.05) is 49.9 Å². The van der Waals surface area contributed by atoms with Crippen molar-refractivity contribution in [1.29, 1.82) is 0 Å². The number of phosphoric acid groups is 3. The van der Waals surface area contributed by atoms with Crippen molar-refractivity contribution >= 4 is 74.9 Å². The molecule has 1 aliphatic heterocycles.